The minimum atomic E-state index is 0.669. The lowest BCUT2D eigenvalue weighted by molar-refractivity contribution is 0.355. The van der Waals surface area contributed by atoms with E-state index in [4.69, 9.17) is 9.47 Å². The molecule has 0 amide bonds. The van der Waals surface area contributed by atoms with E-state index >= 15 is 0 Å². The first-order valence-electron chi connectivity index (χ1n) is 7.31. The molecule has 2 aromatic rings. The lowest BCUT2D eigenvalue weighted by Crippen LogP contribution is -2.04. The zero-order valence-corrected chi connectivity index (χ0v) is 13.2. The fourth-order valence-corrected chi connectivity index (χ4v) is 1.98. The Kier molecular flexibility index (Phi) is 5.82. The number of hydrogen-bond donors (Lipinski definition) is 2. The molecule has 6 nitrogen and oxygen atoms in total. The van der Waals surface area contributed by atoms with Gasteiger partial charge in [-0.15, -0.1) is 0 Å². The van der Waals surface area contributed by atoms with E-state index in [2.05, 4.69) is 27.5 Å². The maximum absolute atomic E-state index is 5.29. The van der Waals surface area contributed by atoms with E-state index in [0.717, 1.165) is 36.7 Å². The molecule has 1 heterocycles. The van der Waals surface area contributed by atoms with Crippen LogP contribution in [0.5, 0.6) is 11.5 Å². The highest BCUT2D eigenvalue weighted by atomic mass is 16.5. The third kappa shape index (κ3) is 4.25. The summed E-state index contributed by atoms with van der Waals surface area (Å²) in [5.74, 6) is 2.90. The van der Waals surface area contributed by atoms with Gasteiger partial charge in [-0.05, 0) is 18.6 Å². The van der Waals surface area contributed by atoms with E-state index < -0.39 is 0 Å². The van der Waals surface area contributed by atoms with Gasteiger partial charge in [0.15, 0.2) is 11.5 Å². The van der Waals surface area contributed by atoms with Gasteiger partial charge in [-0.1, -0.05) is 13.3 Å². The van der Waals surface area contributed by atoms with Crippen LogP contribution >= 0.6 is 0 Å². The molecule has 0 fully saturated rings. The number of aromatic nitrogens is 2. The second-order valence-corrected chi connectivity index (χ2v) is 4.76. The number of anilines is 3. The number of nitrogens with one attached hydrogen (secondary N) is 2. The van der Waals surface area contributed by atoms with Crippen molar-refractivity contribution >= 4 is 17.3 Å². The Morgan fingerprint density at radius 3 is 2.50 bits per heavy atom. The third-order valence-electron chi connectivity index (χ3n) is 3.16. The van der Waals surface area contributed by atoms with E-state index in [1.165, 1.54) is 6.33 Å². The highest BCUT2D eigenvalue weighted by molar-refractivity contribution is 5.62. The van der Waals surface area contributed by atoms with Crippen LogP contribution in [0.4, 0.5) is 17.3 Å². The topological polar surface area (TPSA) is 68.3 Å². The predicted octanol–water partition coefficient (Wildman–Crippen LogP) is 3.45. The van der Waals surface area contributed by atoms with Gasteiger partial charge >= 0.3 is 0 Å². The van der Waals surface area contributed by atoms with Crippen LogP contribution in [-0.4, -0.2) is 30.7 Å². The van der Waals surface area contributed by atoms with Gasteiger partial charge < -0.3 is 20.1 Å². The highest BCUT2D eigenvalue weighted by Gasteiger charge is 2.05. The summed E-state index contributed by atoms with van der Waals surface area (Å²) in [6, 6.07) is 7.51. The van der Waals surface area contributed by atoms with Gasteiger partial charge in [0.25, 0.3) is 0 Å². The van der Waals surface area contributed by atoms with Crippen molar-refractivity contribution in [2.24, 2.45) is 0 Å². The molecule has 0 aliphatic rings. The summed E-state index contributed by atoms with van der Waals surface area (Å²) in [4.78, 5) is 8.43. The molecule has 0 unspecified atom stereocenters. The summed E-state index contributed by atoms with van der Waals surface area (Å²) in [6.07, 6.45) is 3.80. The van der Waals surface area contributed by atoms with Crippen molar-refractivity contribution < 1.29 is 9.47 Å². The first-order chi connectivity index (χ1) is 10.8. The second kappa shape index (κ2) is 8.07. The van der Waals surface area contributed by atoms with Gasteiger partial charge in [-0.3, -0.25) is 0 Å². The Bertz CT molecular complexity index is 604. The molecule has 0 aliphatic heterocycles. The SMILES string of the molecule is CCCCNc1cc(Nc2ccc(OC)c(OC)c2)ncn1. The standard InChI is InChI=1S/C16H22N4O2/c1-4-5-8-17-15-10-16(19-11-18-15)20-12-6-7-13(21-2)14(9-12)22-3/h6-7,9-11H,4-5,8H2,1-3H3,(H2,17,18,19,20). The number of hydrogen-bond acceptors (Lipinski definition) is 6. The van der Waals surface area contributed by atoms with Gasteiger partial charge in [0.1, 0.15) is 18.0 Å². The molecular weight excluding hydrogens is 280 g/mol. The fourth-order valence-electron chi connectivity index (χ4n) is 1.98. The fraction of sp³-hybridized carbons (Fsp3) is 0.375. The van der Waals surface area contributed by atoms with Gasteiger partial charge in [-0.2, -0.15) is 0 Å². The minimum Gasteiger partial charge on any atom is -0.493 e. The van der Waals surface area contributed by atoms with E-state index in [9.17, 15) is 0 Å². The zero-order chi connectivity index (χ0) is 15.8. The number of nitrogens with zero attached hydrogens (tertiary/aromatic N) is 2. The zero-order valence-electron chi connectivity index (χ0n) is 13.2. The molecule has 2 rings (SSSR count). The molecule has 0 radical (unpaired) electrons. The average Bonchev–Trinajstić information content (AvgIpc) is 2.55. The molecule has 1 aromatic carbocycles. The molecule has 0 aliphatic carbocycles. The van der Waals surface area contributed by atoms with Crippen molar-refractivity contribution in [3.63, 3.8) is 0 Å². The monoisotopic (exact) mass is 302 g/mol. The largest absolute Gasteiger partial charge is 0.493 e. The summed E-state index contributed by atoms with van der Waals surface area (Å²) >= 11 is 0. The number of rotatable bonds is 8. The molecule has 22 heavy (non-hydrogen) atoms. The van der Waals surface area contributed by atoms with Crippen LogP contribution in [0.3, 0.4) is 0 Å². The van der Waals surface area contributed by atoms with E-state index in [0.29, 0.717) is 11.5 Å². The van der Waals surface area contributed by atoms with Crippen molar-refractivity contribution in [1.29, 1.82) is 0 Å². The molecule has 0 bridgehead atoms. The highest BCUT2D eigenvalue weighted by Crippen LogP contribution is 2.30. The first kappa shape index (κ1) is 15.9. The summed E-state index contributed by atoms with van der Waals surface area (Å²) < 4.78 is 10.5. The van der Waals surface area contributed by atoms with Crippen LogP contribution in [0.1, 0.15) is 19.8 Å². The Balaban J connectivity index is 2.08. The van der Waals surface area contributed by atoms with E-state index in [1.54, 1.807) is 14.2 Å². The normalized spacial score (nSPS) is 10.1. The van der Waals surface area contributed by atoms with Crippen LogP contribution in [0.25, 0.3) is 0 Å². The number of ether oxygens (including phenoxy) is 2. The molecule has 1 aromatic heterocycles. The van der Waals surface area contributed by atoms with E-state index in [-0.39, 0.29) is 0 Å². The molecule has 118 valence electrons. The van der Waals surface area contributed by atoms with E-state index in [1.807, 2.05) is 24.3 Å². The molecular formula is C16H22N4O2. The molecule has 2 N–H and O–H groups in total. The predicted molar refractivity (Wildman–Crippen MR) is 88.3 cm³/mol. The Labute approximate surface area is 130 Å². The summed E-state index contributed by atoms with van der Waals surface area (Å²) in [6.45, 7) is 3.06. The summed E-state index contributed by atoms with van der Waals surface area (Å²) in [5.41, 5.74) is 0.871. The Hall–Kier alpha value is -2.50. The van der Waals surface area contributed by atoms with Crippen LogP contribution < -0.4 is 20.1 Å². The van der Waals surface area contributed by atoms with Crippen molar-refractivity contribution in [2.75, 3.05) is 31.4 Å². The lowest BCUT2D eigenvalue weighted by Gasteiger charge is -2.11. The van der Waals surface area contributed by atoms with Crippen LogP contribution in [0, 0.1) is 0 Å². The van der Waals surface area contributed by atoms with Gasteiger partial charge in [0.05, 0.1) is 14.2 Å². The second-order valence-electron chi connectivity index (χ2n) is 4.76. The maximum atomic E-state index is 5.29. The smallest absolute Gasteiger partial charge is 0.162 e. The summed E-state index contributed by atoms with van der Waals surface area (Å²) in [5, 5.41) is 6.51. The number of methoxy groups -OCH3 is 2. The number of benzene rings is 1. The maximum Gasteiger partial charge on any atom is 0.162 e. The molecule has 0 atom stereocenters. The third-order valence-corrected chi connectivity index (χ3v) is 3.16. The quantitative estimate of drug-likeness (QED) is 0.728. The Morgan fingerprint density at radius 2 is 1.77 bits per heavy atom. The number of unbranched alkanes of at least 4 members (excludes halogenated alkanes) is 1. The molecule has 0 saturated heterocycles. The molecule has 6 heteroatoms. The van der Waals surface area contributed by atoms with Gasteiger partial charge in [-0.25, -0.2) is 9.97 Å². The van der Waals surface area contributed by atoms with Crippen LogP contribution in [0.15, 0.2) is 30.6 Å². The van der Waals surface area contributed by atoms with Crippen molar-refractivity contribution in [3.05, 3.63) is 30.6 Å². The first-order valence-corrected chi connectivity index (χ1v) is 7.31. The van der Waals surface area contributed by atoms with Crippen molar-refractivity contribution in [3.8, 4) is 11.5 Å². The molecule has 0 saturated carbocycles. The van der Waals surface area contributed by atoms with Crippen molar-refractivity contribution in [1.82, 2.24) is 9.97 Å². The van der Waals surface area contributed by atoms with Gasteiger partial charge in [0, 0.05) is 24.4 Å². The van der Waals surface area contributed by atoms with Crippen LogP contribution in [0.2, 0.25) is 0 Å². The molecule has 0 spiro atoms. The lowest BCUT2D eigenvalue weighted by atomic mass is 10.2. The summed E-state index contributed by atoms with van der Waals surface area (Å²) in [7, 11) is 3.23. The van der Waals surface area contributed by atoms with Gasteiger partial charge in [0.2, 0.25) is 0 Å². The average molecular weight is 302 g/mol. The van der Waals surface area contributed by atoms with Crippen LogP contribution in [-0.2, 0) is 0 Å². The van der Waals surface area contributed by atoms with Crippen molar-refractivity contribution in [2.45, 2.75) is 19.8 Å². The minimum absolute atomic E-state index is 0.669. The Morgan fingerprint density at radius 1 is 1.00 bits per heavy atom.